The molecular weight excluding hydrogens is 446 g/mol. The average molecular weight is 472 g/mol. The van der Waals surface area contributed by atoms with Crippen molar-refractivity contribution in [3.8, 4) is 5.75 Å². The summed E-state index contributed by atoms with van der Waals surface area (Å²) in [6, 6.07) is 23.8. The Morgan fingerprint density at radius 1 is 1.09 bits per heavy atom. The molecule has 3 aromatic rings. The molecule has 34 heavy (non-hydrogen) atoms. The number of amides is 1. The maximum absolute atomic E-state index is 12.2. The fraction of sp³-hybridized carbons (Fsp3) is 0.214. The largest absolute Gasteiger partial charge is 0.484 e. The number of carbonyl (C=O) groups is 1. The zero-order valence-electron chi connectivity index (χ0n) is 18.9. The number of halogens is 1. The molecule has 172 valence electrons. The van der Waals surface area contributed by atoms with E-state index in [1.165, 1.54) is 5.56 Å². The lowest BCUT2D eigenvalue weighted by Gasteiger charge is -2.38. The van der Waals surface area contributed by atoms with Crippen LogP contribution in [-0.4, -0.2) is 18.2 Å². The molecule has 2 aliphatic rings. The van der Waals surface area contributed by atoms with Crippen molar-refractivity contribution in [2.24, 2.45) is 11.0 Å². The Hall–Kier alpha value is -3.57. The average Bonchev–Trinajstić information content (AvgIpc) is 3.37. The van der Waals surface area contributed by atoms with E-state index < -0.39 is 0 Å². The van der Waals surface area contributed by atoms with Gasteiger partial charge in [0.15, 0.2) is 6.61 Å². The molecule has 0 saturated heterocycles. The molecule has 1 aliphatic heterocycles. The summed E-state index contributed by atoms with van der Waals surface area (Å²) in [7, 11) is 0. The number of rotatable bonds is 6. The van der Waals surface area contributed by atoms with E-state index in [4.69, 9.17) is 16.3 Å². The van der Waals surface area contributed by atoms with Gasteiger partial charge in [0, 0.05) is 16.6 Å². The Bertz CT molecular complexity index is 1260. The Balaban J connectivity index is 1.31. The summed E-state index contributed by atoms with van der Waals surface area (Å²) < 4.78 is 5.48. The van der Waals surface area contributed by atoms with E-state index in [1.807, 2.05) is 61.5 Å². The smallest absolute Gasteiger partial charge is 0.277 e. The van der Waals surface area contributed by atoms with Crippen LogP contribution >= 0.6 is 11.6 Å². The zero-order chi connectivity index (χ0) is 23.5. The molecular formula is C28H26ClN3O2. The number of ether oxygens (including phenoxy) is 1. The third-order valence-corrected chi connectivity index (χ3v) is 6.83. The van der Waals surface area contributed by atoms with Crippen LogP contribution in [0, 0.1) is 5.92 Å². The monoisotopic (exact) mass is 471 g/mol. The maximum Gasteiger partial charge on any atom is 0.277 e. The Labute approximate surface area is 204 Å². The second-order valence-corrected chi connectivity index (χ2v) is 9.04. The molecule has 3 aromatic carbocycles. The van der Waals surface area contributed by atoms with Gasteiger partial charge in [-0.25, -0.2) is 5.43 Å². The minimum atomic E-state index is -0.302. The van der Waals surface area contributed by atoms with Crippen LogP contribution in [0.2, 0.25) is 5.02 Å². The number of fused-ring (bicyclic) bond motifs is 3. The van der Waals surface area contributed by atoms with Gasteiger partial charge in [-0.1, -0.05) is 66.2 Å². The molecule has 0 radical (unpaired) electrons. The third-order valence-electron chi connectivity index (χ3n) is 6.48. The highest BCUT2D eigenvalue weighted by molar-refractivity contribution is 6.31. The number of hydrogen-bond acceptors (Lipinski definition) is 4. The predicted octanol–water partition coefficient (Wildman–Crippen LogP) is 6.09. The highest BCUT2D eigenvalue weighted by Gasteiger charge is 2.38. The summed E-state index contributed by atoms with van der Waals surface area (Å²) in [5.41, 5.74) is 7.79. The number of anilines is 1. The number of hydrazone groups is 1. The van der Waals surface area contributed by atoms with Gasteiger partial charge >= 0.3 is 0 Å². The summed E-state index contributed by atoms with van der Waals surface area (Å²) in [5.74, 6) is 1.05. The Morgan fingerprint density at radius 2 is 1.88 bits per heavy atom. The fourth-order valence-electron chi connectivity index (χ4n) is 4.76. The molecule has 1 aliphatic carbocycles. The van der Waals surface area contributed by atoms with Gasteiger partial charge in [-0.15, -0.1) is 0 Å². The van der Waals surface area contributed by atoms with Crippen LogP contribution in [-0.2, 0) is 4.79 Å². The van der Waals surface area contributed by atoms with Crippen molar-refractivity contribution in [2.45, 2.75) is 25.3 Å². The van der Waals surface area contributed by atoms with E-state index in [0.717, 1.165) is 34.0 Å². The lowest BCUT2D eigenvalue weighted by molar-refractivity contribution is -0.123. The molecule has 5 rings (SSSR count). The number of carbonyl (C=O) groups excluding carboxylic acids is 1. The van der Waals surface area contributed by atoms with Gasteiger partial charge in [-0.2, -0.15) is 5.10 Å². The number of benzene rings is 3. The maximum atomic E-state index is 12.2. The number of hydrogen-bond donors (Lipinski definition) is 2. The van der Waals surface area contributed by atoms with Gasteiger partial charge in [-0.3, -0.25) is 4.79 Å². The lowest BCUT2D eigenvalue weighted by Crippen LogP contribution is -2.29. The molecule has 0 aromatic heterocycles. The van der Waals surface area contributed by atoms with E-state index in [0.29, 0.717) is 17.6 Å². The van der Waals surface area contributed by atoms with Crippen LogP contribution in [0.3, 0.4) is 0 Å². The Morgan fingerprint density at radius 3 is 2.71 bits per heavy atom. The Kier molecular flexibility index (Phi) is 6.37. The second kappa shape index (κ2) is 9.74. The molecule has 0 fully saturated rings. The molecule has 0 unspecified atom stereocenters. The van der Waals surface area contributed by atoms with Crippen molar-refractivity contribution in [1.29, 1.82) is 0 Å². The van der Waals surface area contributed by atoms with Crippen molar-refractivity contribution in [1.82, 2.24) is 5.43 Å². The van der Waals surface area contributed by atoms with Gasteiger partial charge in [0.1, 0.15) is 5.75 Å². The predicted molar refractivity (Wildman–Crippen MR) is 137 cm³/mol. The number of allylic oxidation sites excluding steroid dienone is 2. The molecule has 0 spiro atoms. The van der Waals surface area contributed by atoms with Gasteiger partial charge in [0.25, 0.3) is 5.91 Å². The molecule has 2 N–H and O–H groups in total. The molecule has 5 nitrogen and oxygen atoms in total. The van der Waals surface area contributed by atoms with Crippen LogP contribution in [0.4, 0.5) is 5.69 Å². The van der Waals surface area contributed by atoms with Gasteiger partial charge in [-0.05, 0) is 66.3 Å². The van der Waals surface area contributed by atoms with Crippen molar-refractivity contribution in [2.75, 3.05) is 11.9 Å². The van der Waals surface area contributed by atoms with Gasteiger partial charge < -0.3 is 10.1 Å². The molecule has 6 heteroatoms. The van der Waals surface area contributed by atoms with Crippen molar-refractivity contribution in [3.05, 3.63) is 107 Å². The van der Waals surface area contributed by atoms with E-state index in [2.05, 4.69) is 46.2 Å². The number of nitrogens with one attached hydrogen (secondary N) is 2. The van der Waals surface area contributed by atoms with E-state index >= 15 is 0 Å². The van der Waals surface area contributed by atoms with Crippen molar-refractivity contribution >= 4 is 28.9 Å². The standard InChI is InChI=1S/C28H26ClN3O2/c1-18(31-32-27(33)17-34-20-8-3-2-4-9-20)19-14-15-26-24(16-19)21-11-7-12-22(21)28(30-26)23-10-5-6-13-25(23)29/h2-11,13-16,21-22,28,30H,12,17H2,1H3,(H,32,33)/b31-18-/t21-,22+,28-/m1/s1. The van der Waals surface area contributed by atoms with E-state index in [-0.39, 0.29) is 18.6 Å². The summed E-state index contributed by atoms with van der Waals surface area (Å²) in [5, 5.41) is 8.81. The van der Waals surface area contributed by atoms with E-state index in [9.17, 15) is 4.79 Å². The number of nitrogens with zero attached hydrogens (tertiary/aromatic N) is 1. The summed E-state index contributed by atoms with van der Waals surface area (Å²) in [6.45, 7) is 1.80. The van der Waals surface area contributed by atoms with Crippen LogP contribution in [0.5, 0.6) is 5.75 Å². The first kappa shape index (κ1) is 22.2. The molecule has 3 atom stereocenters. The quantitative estimate of drug-likeness (QED) is 0.260. The highest BCUT2D eigenvalue weighted by Crippen LogP contribution is 2.50. The topological polar surface area (TPSA) is 62.7 Å². The first-order valence-corrected chi connectivity index (χ1v) is 11.8. The minimum absolute atomic E-state index is 0.0904. The van der Waals surface area contributed by atoms with E-state index in [1.54, 1.807) is 0 Å². The minimum Gasteiger partial charge on any atom is -0.484 e. The van der Waals surface area contributed by atoms with Crippen LogP contribution < -0.4 is 15.5 Å². The summed E-state index contributed by atoms with van der Waals surface area (Å²) >= 11 is 6.54. The number of para-hydroxylation sites is 1. The zero-order valence-corrected chi connectivity index (χ0v) is 19.6. The summed E-state index contributed by atoms with van der Waals surface area (Å²) in [4.78, 5) is 12.2. The lowest BCUT2D eigenvalue weighted by atomic mass is 9.76. The van der Waals surface area contributed by atoms with Gasteiger partial charge in [0.2, 0.25) is 0 Å². The first-order valence-electron chi connectivity index (χ1n) is 11.4. The van der Waals surface area contributed by atoms with Crippen molar-refractivity contribution < 1.29 is 9.53 Å². The highest BCUT2D eigenvalue weighted by atomic mass is 35.5. The SMILES string of the molecule is C/C(=N/NC(=O)COc1ccccc1)c1ccc2c(c1)[C@@H]1C=CC[C@@H]1[C@H](c1ccccc1Cl)N2. The molecule has 0 bridgehead atoms. The van der Waals surface area contributed by atoms with Crippen LogP contribution in [0.1, 0.15) is 42.0 Å². The summed E-state index contributed by atoms with van der Waals surface area (Å²) in [6.07, 6.45) is 5.56. The van der Waals surface area contributed by atoms with Crippen LogP contribution in [0.15, 0.2) is 90.0 Å². The third kappa shape index (κ3) is 4.57. The first-order chi connectivity index (χ1) is 16.6. The fourth-order valence-corrected chi connectivity index (χ4v) is 5.02. The van der Waals surface area contributed by atoms with Gasteiger partial charge in [0.05, 0.1) is 11.8 Å². The molecule has 0 saturated carbocycles. The second-order valence-electron chi connectivity index (χ2n) is 8.63. The molecule has 1 amide bonds. The van der Waals surface area contributed by atoms with Crippen molar-refractivity contribution in [3.63, 3.8) is 0 Å². The molecule has 1 heterocycles. The van der Waals surface area contributed by atoms with Crippen LogP contribution in [0.25, 0.3) is 0 Å². The normalized spacial score (nSPS) is 20.8.